The quantitative estimate of drug-likeness (QED) is 0.883. The Labute approximate surface area is 133 Å². The number of halogens is 1. The van der Waals surface area contributed by atoms with Crippen LogP contribution in [-0.4, -0.2) is 44.9 Å². The molecular weight excluding hydrogens is 328 g/mol. The highest BCUT2D eigenvalue weighted by molar-refractivity contribution is 7.92. The van der Waals surface area contributed by atoms with Crippen LogP contribution in [0.15, 0.2) is 35.5 Å². The molecule has 9 heteroatoms. The first-order valence-electron chi connectivity index (χ1n) is 6.71. The smallest absolute Gasteiger partial charge is 0.265 e. The standard InChI is InChI=1S/C13H15ClN4O3S/c14-11-2-1-3-12(13(11)18-4-6-21-7-5-18)17-22(19,20)10-8-15-16-9-10/h1-3,8-9,17H,4-7H2,(H,15,16). The van der Waals surface area contributed by atoms with Crippen LogP contribution in [0.4, 0.5) is 11.4 Å². The maximum absolute atomic E-state index is 12.4. The molecule has 0 spiro atoms. The molecule has 118 valence electrons. The zero-order chi connectivity index (χ0) is 15.6. The first-order valence-corrected chi connectivity index (χ1v) is 8.57. The summed E-state index contributed by atoms with van der Waals surface area (Å²) in [5.41, 5.74) is 1.11. The molecular formula is C13H15ClN4O3S. The summed E-state index contributed by atoms with van der Waals surface area (Å²) in [5, 5.41) is 6.65. The Morgan fingerprint density at radius 2 is 2.09 bits per heavy atom. The molecule has 22 heavy (non-hydrogen) atoms. The molecule has 0 amide bonds. The van der Waals surface area contributed by atoms with Crippen LogP contribution < -0.4 is 9.62 Å². The van der Waals surface area contributed by atoms with Crippen molar-refractivity contribution in [3.63, 3.8) is 0 Å². The van der Waals surface area contributed by atoms with E-state index in [1.54, 1.807) is 18.2 Å². The number of nitrogens with one attached hydrogen (secondary N) is 2. The Morgan fingerprint density at radius 3 is 2.77 bits per heavy atom. The largest absolute Gasteiger partial charge is 0.378 e. The summed E-state index contributed by atoms with van der Waals surface area (Å²) >= 11 is 6.28. The summed E-state index contributed by atoms with van der Waals surface area (Å²) in [5.74, 6) is 0. The molecule has 0 radical (unpaired) electrons. The second-order valence-electron chi connectivity index (χ2n) is 4.77. The summed E-state index contributed by atoms with van der Waals surface area (Å²) < 4.78 is 32.6. The first kappa shape index (κ1) is 15.1. The molecule has 0 aliphatic carbocycles. The molecule has 0 unspecified atom stereocenters. The molecule has 1 aliphatic rings. The Morgan fingerprint density at radius 1 is 1.32 bits per heavy atom. The zero-order valence-electron chi connectivity index (χ0n) is 11.6. The predicted octanol–water partition coefficient (Wildman–Crippen LogP) is 1.70. The molecule has 1 fully saturated rings. The molecule has 2 aromatic rings. The van der Waals surface area contributed by atoms with Crippen LogP contribution in [0.25, 0.3) is 0 Å². The third-order valence-electron chi connectivity index (χ3n) is 3.34. The van der Waals surface area contributed by atoms with E-state index in [0.29, 0.717) is 42.7 Å². The number of nitrogens with zero attached hydrogens (tertiary/aromatic N) is 2. The number of hydrogen-bond acceptors (Lipinski definition) is 5. The molecule has 7 nitrogen and oxygen atoms in total. The maximum Gasteiger partial charge on any atom is 0.265 e. The average molecular weight is 343 g/mol. The van der Waals surface area contributed by atoms with Crippen molar-refractivity contribution in [3.05, 3.63) is 35.6 Å². The van der Waals surface area contributed by atoms with Gasteiger partial charge in [-0.25, -0.2) is 8.42 Å². The highest BCUT2D eigenvalue weighted by Gasteiger charge is 2.22. The van der Waals surface area contributed by atoms with Crippen LogP contribution in [0, 0.1) is 0 Å². The number of hydrogen-bond donors (Lipinski definition) is 2. The molecule has 0 bridgehead atoms. The van der Waals surface area contributed by atoms with Gasteiger partial charge in [-0.3, -0.25) is 9.82 Å². The topological polar surface area (TPSA) is 87.3 Å². The fourth-order valence-corrected chi connectivity index (χ4v) is 3.56. The van der Waals surface area contributed by atoms with E-state index in [2.05, 4.69) is 14.9 Å². The SMILES string of the molecule is O=S(=O)(Nc1cccc(Cl)c1N1CCOCC1)c1cn[nH]c1. The number of rotatable bonds is 4. The van der Waals surface area contributed by atoms with E-state index in [1.165, 1.54) is 12.4 Å². The van der Waals surface area contributed by atoms with E-state index in [1.807, 2.05) is 4.90 Å². The van der Waals surface area contributed by atoms with Crippen LogP contribution in [0.5, 0.6) is 0 Å². The van der Waals surface area contributed by atoms with Gasteiger partial charge in [-0.2, -0.15) is 5.10 Å². The molecule has 1 aromatic carbocycles. The van der Waals surface area contributed by atoms with Gasteiger partial charge in [0, 0.05) is 19.3 Å². The molecule has 2 heterocycles. The monoisotopic (exact) mass is 342 g/mol. The number of anilines is 2. The zero-order valence-corrected chi connectivity index (χ0v) is 13.2. The normalized spacial score (nSPS) is 15.8. The van der Waals surface area contributed by atoms with Crippen molar-refractivity contribution < 1.29 is 13.2 Å². The van der Waals surface area contributed by atoms with Crippen molar-refractivity contribution in [2.75, 3.05) is 35.9 Å². The number of aromatic nitrogens is 2. The fraction of sp³-hybridized carbons (Fsp3) is 0.308. The van der Waals surface area contributed by atoms with Crippen molar-refractivity contribution in [1.29, 1.82) is 0 Å². The second-order valence-corrected chi connectivity index (χ2v) is 6.86. The highest BCUT2D eigenvalue weighted by atomic mass is 35.5. The molecule has 1 aromatic heterocycles. The van der Waals surface area contributed by atoms with Crippen LogP contribution in [0.2, 0.25) is 5.02 Å². The van der Waals surface area contributed by atoms with Gasteiger partial charge in [0.2, 0.25) is 0 Å². The Kier molecular flexibility index (Phi) is 4.23. The number of benzene rings is 1. The third-order valence-corrected chi connectivity index (χ3v) is 4.98. The summed E-state index contributed by atoms with van der Waals surface area (Å²) in [6, 6.07) is 5.13. The van der Waals surface area contributed by atoms with Gasteiger partial charge in [-0.1, -0.05) is 17.7 Å². The van der Waals surface area contributed by atoms with Gasteiger partial charge in [-0.05, 0) is 12.1 Å². The predicted molar refractivity (Wildman–Crippen MR) is 83.9 cm³/mol. The van der Waals surface area contributed by atoms with Crippen LogP contribution in [0.3, 0.4) is 0 Å². The van der Waals surface area contributed by atoms with Gasteiger partial charge in [0.25, 0.3) is 10.0 Å². The van der Waals surface area contributed by atoms with Gasteiger partial charge < -0.3 is 9.64 Å². The van der Waals surface area contributed by atoms with E-state index in [0.717, 1.165) is 0 Å². The lowest BCUT2D eigenvalue weighted by Crippen LogP contribution is -2.37. The molecule has 1 aliphatic heterocycles. The van der Waals surface area contributed by atoms with Crippen LogP contribution in [-0.2, 0) is 14.8 Å². The number of morpholine rings is 1. The van der Waals surface area contributed by atoms with E-state index in [4.69, 9.17) is 16.3 Å². The van der Waals surface area contributed by atoms with Crippen LogP contribution in [0.1, 0.15) is 0 Å². The van der Waals surface area contributed by atoms with Gasteiger partial charge >= 0.3 is 0 Å². The van der Waals surface area contributed by atoms with Crippen molar-refractivity contribution in [2.45, 2.75) is 4.90 Å². The summed E-state index contributed by atoms with van der Waals surface area (Å²) in [6.07, 6.45) is 2.57. The summed E-state index contributed by atoms with van der Waals surface area (Å²) in [7, 11) is -3.71. The van der Waals surface area contributed by atoms with Gasteiger partial charge in [-0.15, -0.1) is 0 Å². The minimum absolute atomic E-state index is 0.0698. The van der Waals surface area contributed by atoms with E-state index in [-0.39, 0.29) is 4.90 Å². The maximum atomic E-state index is 12.4. The number of aromatic amines is 1. The average Bonchev–Trinajstić information content (AvgIpc) is 3.03. The highest BCUT2D eigenvalue weighted by Crippen LogP contribution is 2.35. The van der Waals surface area contributed by atoms with Crippen molar-refractivity contribution in [3.8, 4) is 0 Å². The van der Waals surface area contributed by atoms with E-state index >= 15 is 0 Å². The van der Waals surface area contributed by atoms with Crippen molar-refractivity contribution >= 4 is 33.0 Å². The number of H-pyrrole nitrogens is 1. The third kappa shape index (κ3) is 3.03. The van der Waals surface area contributed by atoms with E-state index in [9.17, 15) is 8.42 Å². The molecule has 0 atom stereocenters. The Bertz CT molecular complexity index is 743. The van der Waals surface area contributed by atoms with E-state index < -0.39 is 10.0 Å². The molecule has 3 rings (SSSR count). The minimum atomic E-state index is -3.71. The minimum Gasteiger partial charge on any atom is -0.378 e. The van der Waals surface area contributed by atoms with Gasteiger partial charge in [0.15, 0.2) is 0 Å². The summed E-state index contributed by atoms with van der Waals surface area (Å²) in [4.78, 5) is 2.08. The lowest BCUT2D eigenvalue weighted by Gasteiger charge is -2.31. The number of para-hydroxylation sites is 1. The number of ether oxygens (including phenoxy) is 1. The Balaban J connectivity index is 1.95. The lowest BCUT2D eigenvalue weighted by atomic mass is 10.2. The fourth-order valence-electron chi connectivity index (χ4n) is 2.30. The van der Waals surface area contributed by atoms with Crippen molar-refractivity contribution in [2.24, 2.45) is 0 Å². The Hall–Kier alpha value is -1.77. The summed E-state index contributed by atoms with van der Waals surface area (Å²) in [6.45, 7) is 2.48. The molecule has 1 saturated heterocycles. The van der Waals surface area contributed by atoms with Crippen LogP contribution >= 0.6 is 11.6 Å². The molecule has 0 saturated carbocycles. The molecule has 2 N–H and O–H groups in total. The van der Waals surface area contributed by atoms with Crippen molar-refractivity contribution in [1.82, 2.24) is 10.2 Å². The lowest BCUT2D eigenvalue weighted by molar-refractivity contribution is 0.123. The van der Waals surface area contributed by atoms with Gasteiger partial charge in [0.05, 0.1) is 35.8 Å². The second kappa shape index (κ2) is 6.15. The van der Waals surface area contributed by atoms with Gasteiger partial charge in [0.1, 0.15) is 4.90 Å². The number of sulfonamides is 1. The first-order chi connectivity index (χ1) is 10.6.